The lowest BCUT2D eigenvalue weighted by Gasteiger charge is -2.18. The van der Waals surface area contributed by atoms with E-state index in [1.54, 1.807) is 19.5 Å². The van der Waals surface area contributed by atoms with Crippen molar-refractivity contribution in [3.63, 3.8) is 0 Å². The Morgan fingerprint density at radius 3 is 1.98 bits per heavy atom. The molecule has 0 unspecified atom stereocenters. The lowest BCUT2D eigenvalue weighted by molar-refractivity contribution is 0.411. The minimum Gasteiger partial charge on any atom is -0.496 e. The molecule has 50 heavy (non-hydrogen) atoms. The molecule has 0 aliphatic carbocycles. The van der Waals surface area contributed by atoms with Gasteiger partial charge in [-0.2, -0.15) is 4.98 Å². The summed E-state index contributed by atoms with van der Waals surface area (Å²) in [7, 11) is -1.79. The van der Waals surface area contributed by atoms with E-state index in [4.69, 9.17) is 15.2 Å². The van der Waals surface area contributed by atoms with Gasteiger partial charge in [-0.05, 0) is 79.5 Å². The maximum Gasteiger partial charge on any atom is 0.248 e. The molecule has 0 aliphatic rings. The van der Waals surface area contributed by atoms with E-state index in [2.05, 4.69) is 93.3 Å². The van der Waals surface area contributed by atoms with Gasteiger partial charge in [0.15, 0.2) is 11.6 Å². The monoisotopic (exact) mass is 776 g/mol. The fourth-order valence-corrected chi connectivity index (χ4v) is 5.81. The average molecular weight is 778 g/mol. The number of hydrogen-bond acceptors (Lipinski definition) is 12. The molecule has 0 amide bonds. The Balaban J connectivity index is 0.000000487. The van der Waals surface area contributed by atoms with Gasteiger partial charge in [-0.1, -0.05) is 55.8 Å². The zero-order valence-corrected chi connectivity index (χ0v) is 33.1. The first-order valence-electron chi connectivity index (χ1n) is 15.9. The van der Waals surface area contributed by atoms with E-state index in [-0.39, 0.29) is 22.7 Å². The van der Waals surface area contributed by atoms with Crippen molar-refractivity contribution in [1.82, 2.24) is 26.1 Å². The predicted octanol–water partition coefficient (Wildman–Crippen LogP) is 7.16. The molecule has 276 valence electrons. The molecule has 0 radical (unpaired) electrons. The van der Waals surface area contributed by atoms with Crippen LogP contribution in [0, 0.1) is 13.8 Å². The van der Waals surface area contributed by atoms with Crippen LogP contribution >= 0.6 is 15.9 Å². The van der Waals surface area contributed by atoms with Crippen LogP contribution in [0.2, 0.25) is 0 Å². The lowest BCUT2D eigenvalue weighted by Crippen LogP contribution is -2.11. The number of aromatic nitrogens is 4. The number of halogens is 1. The maximum absolute atomic E-state index is 11.8. The average Bonchev–Trinajstić information content (AvgIpc) is 3.01. The summed E-state index contributed by atoms with van der Waals surface area (Å²) in [6.07, 6.45) is 4.89. The molecule has 0 fully saturated rings. The Hall–Kier alpha value is -4.05. The smallest absolute Gasteiger partial charge is 0.248 e. The second-order valence-corrected chi connectivity index (χ2v) is 14.8. The number of hydrogen-bond donors (Lipinski definition) is 4. The van der Waals surface area contributed by atoms with E-state index in [1.165, 1.54) is 11.1 Å². The first-order valence-corrected chi connectivity index (χ1v) is 18.6. The van der Waals surface area contributed by atoms with Crippen LogP contribution in [0.25, 0.3) is 0 Å². The topological polar surface area (TPSA) is 221 Å². The largest absolute Gasteiger partial charge is 0.496 e. The Kier molecular flexibility index (Phi) is 17.0. The third-order valence-corrected chi connectivity index (χ3v) is 9.14. The minimum absolute atomic E-state index is 0. The number of nitrogen functional groups attached to an aromatic ring is 1. The summed E-state index contributed by atoms with van der Waals surface area (Å²) in [5, 5.41) is 6.13. The van der Waals surface area contributed by atoms with Gasteiger partial charge in [-0.25, -0.2) is 23.4 Å². The highest BCUT2D eigenvalue weighted by molar-refractivity contribution is 9.10. The highest BCUT2D eigenvalue weighted by Gasteiger charge is 2.18. The standard InChI is InChI=1S/C19H27N3O3S.C16H21BrN4O.H3N.H2O/c1-7-20-18-15(11-21-19(22-18)26(6,23)24)9-14-10-17(25-5)13(4)8-16(14)12(2)3;1-5-19-15-14(8-20-16(18)21-15)22-13-7-12(17)10(4)6-11(13)9(2)3;;/h8,10-12H,7,9H2,1-6H3,(H,20,21,22);6-9H,5H2,1-4H3,(H3,18,19,20,21);1H3;1H2. The fraction of sp³-hybridized carbons (Fsp3) is 0.429. The Morgan fingerprint density at radius 1 is 0.820 bits per heavy atom. The number of nitrogens with one attached hydrogen (secondary N) is 2. The van der Waals surface area contributed by atoms with Crippen LogP contribution in [0.4, 0.5) is 17.6 Å². The van der Waals surface area contributed by atoms with E-state index in [0.717, 1.165) is 51.0 Å². The van der Waals surface area contributed by atoms with Crippen molar-refractivity contribution in [3.05, 3.63) is 74.5 Å². The second kappa shape index (κ2) is 19.4. The highest BCUT2D eigenvalue weighted by atomic mass is 79.9. The molecule has 2 heterocycles. The summed E-state index contributed by atoms with van der Waals surface area (Å²) in [5.74, 6) is 4.26. The van der Waals surface area contributed by atoms with Crippen LogP contribution in [0.5, 0.6) is 17.2 Å². The molecular formula is C35H53BrN8O5S. The van der Waals surface area contributed by atoms with Gasteiger partial charge in [0.25, 0.3) is 0 Å². The molecule has 15 heteroatoms. The van der Waals surface area contributed by atoms with Crippen LogP contribution in [-0.4, -0.2) is 60.3 Å². The van der Waals surface area contributed by atoms with E-state index in [1.807, 2.05) is 32.9 Å². The predicted molar refractivity (Wildman–Crippen MR) is 206 cm³/mol. The van der Waals surface area contributed by atoms with Gasteiger partial charge < -0.3 is 37.5 Å². The number of sulfone groups is 1. The molecule has 13 nitrogen and oxygen atoms in total. The van der Waals surface area contributed by atoms with Crippen LogP contribution in [0.1, 0.15) is 86.8 Å². The fourth-order valence-electron chi connectivity index (χ4n) is 4.98. The molecule has 2 aromatic heterocycles. The third-order valence-electron chi connectivity index (χ3n) is 7.43. The van der Waals surface area contributed by atoms with Crippen molar-refractivity contribution in [2.24, 2.45) is 0 Å². The first-order chi connectivity index (χ1) is 22.6. The van der Waals surface area contributed by atoms with E-state index in [9.17, 15) is 8.42 Å². The van der Waals surface area contributed by atoms with Gasteiger partial charge in [0.2, 0.25) is 20.9 Å². The van der Waals surface area contributed by atoms with Gasteiger partial charge in [0, 0.05) is 42.0 Å². The van der Waals surface area contributed by atoms with Crippen molar-refractivity contribution >= 4 is 43.4 Å². The minimum atomic E-state index is -3.45. The number of ether oxygens (including phenoxy) is 2. The molecule has 0 atom stereocenters. The van der Waals surface area contributed by atoms with Gasteiger partial charge >= 0.3 is 0 Å². The van der Waals surface area contributed by atoms with Crippen molar-refractivity contribution in [1.29, 1.82) is 0 Å². The molecule has 0 spiro atoms. The van der Waals surface area contributed by atoms with Crippen LogP contribution in [0.15, 0.2) is 46.3 Å². The molecule has 0 saturated carbocycles. The van der Waals surface area contributed by atoms with Crippen molar-refractivity contribution in [2.45, 2.75) is 78.8 Å². The molecular weight excluding hydrogens is 724 g/mol. The molecule has 0 aliphatic heterocycles. The number of nitrogens with two attached hydrogens (primary N) is 1. The summed E-state index contributed by atoms with van der Waals surface area (Å²) in [6, 6.07) is 8.31. The SMILES string of the molecule is CCNc1nc(N)ncc1Oc1cc(Br)c(C)cc1C(C)C.CCNc1nc(S(C)(=O)=O)ncc1Cc1cc(OC)c(C)cc1C(C)C.N.O. The molecule has 0 saturated heterocycles. The van der Waals surface area contributed by atoms with E-state index >= 15 is 0 Å². The van der Waals surface area contributed by atoms with Gasteiger partial charge in [-0.15, -0.1) is 0 Å². The maximum atomic E-state index is 11.8. The molecule has 4 rings (SSSR count). The zero-order chi connectivity index (χ0) is 35.8. The summed E-state index contributed by atoms with van der Waals surface area (Å²) >= 11 is 3.56. The summed E-state index contributed by atoms with van der Waals surface area (Å²) in [5.41, 5.74) is 12.3. The number of anilines is 3. The van der Waals surface area contributed by atoms with Crippen molar-refractivity contribution in [3.8, 4) is 17.2 Å². The van der Waals surface area contributed by atoms with Crippen molar-refractivity contribution in [2.75, 3.05) is 42.8 Å². The number of nitrogens with zero attached hydrogens (tertiary/aromatic N) is 4. The lowest BCUT2D eigenvalue weighted by atomic mass is 9.91. The summed E-state index contributed by atoms with van der Waals surface area (Å²) in [4.78, 5) is 16.5. The molecule has 0 bridgehead atoms. The van der Waals surface area contributed by atoms with Crippen LogP contribution in [-0.2, 0) is 16.3 Å². The van der Waals surface area contributed by atoms with Gasteiger partial charge in [-0.3, -0.25) is 0 Å². The number of benzene rings is 2. The highest BCUT2D eigenvalue weighted by Crippen LogP contribution is 2.37. The molecule has 2 aromatic carbocycles. The van der Waals surface area contributed by atoms with Crippen molar-refractivity contribution < 1.29 is 23.4 Å². The number of rotatable bonds is 12. The van der Waals surface area contributed by atoms with Crippen LogP contribution < -0.4 is 32.0 Å². The Morgan fingerprint density at radius 2 is 1.42 bits per heavy atom. The summed E-state index contributed by atoms with van der Waals surface area (Å²) < 4.78 is 36.1. The Labute approximate surface area is 305 Å². The molecule has 9 N–H and O–H groups in total. The zero-order valence-electron chi connectivity index (χ0n) is 30.7. The van der Waals surface area contributed by atoms with E-state index in [0.29, 0.717) is 42.2 Å². The second-order valence-electron chi connectivity index (χ2n) is 12.0. The third kappa shape index (κ3) is 11.5. The summed E-state index contributed by atoms with van der Waals surface area (Å²) in [6.45, 7) is 18.0. The van der Waals surface area contributed by atoms with E-state index < -0.39 is 9.84 Å². The Bertz CT molecular complexity index is 1840. The van der Waals surface area contributed by atoms with Crippen LogP contribution in [0.3, 0.4) is 0 Å². The first kappa shape index (κ1) is 44.0. The van der Waals surface area contributed by atoms with Gasteiger partial charge in [0.1, 0.15) is 17.3 Å². The number of methoxy groups -OCH3 is 1. The number of aryl methyl sites for hydroxylation is 2. The quantitative estimate of drug-likeness (QED) is 0.105. The normalized spacial score (nSPS) is 10.8. The van der Waals surface area contributed by atoms with Gasteiger partial charge in [0.05, 0.1) is 13.3 Å². The molecule has 4 aromatic rings.